The van der Waals surface area contributed by atoms with Crippen molar-refractivity contribution >= 4 is 43.4 Å². The molecular formula is C21H20N4O4S. The fourth-order valence-corrected chi connectivity index (χ4v) is 4.55. The van der Waals surface area contributed by atoms with E-state index in [9.17, 15) is 9.59 Å². The molecule has 8 nitrogen and oxygen atoms in total. The molecule has 1 N–H and O–H groups in total. The molecule has 0 aliphatic carbocycles. The van der Waals surface area contributed by atoms with Crippen LogP contribution in [0.15, 0.2) is 35.4 Å². The Labute approximate surface area is 176 Å². The van der Waals surface area contributed by atoms with Crippen molar-refractivity contribution in [1.29, 1.82) is 0 Å². The number of ether oxygens (including phenoxy) is 2. The smallest absolute Gasteiger partial charge is 0.271 e. The number of methoxy groups -OCH3 is 2. The lowest BCUT2D eigenvalue weighted by molar-refractivity contribution is -0.116. The maximum Gasteiger partial charge on any atom is 0.271 e. The van der Waals surface area contributed by atoms with E-state index in [0.29, 0.717) is 27.4 Å². The van der Waals surface area contributed by atoms with Gasteiger partial charge in [0.15, 0.2) is 0 Å². The van der Waals surface area contributed by atoms with Gasteiger partial charge in [0.05, 0.1) is 26.1 Å². The average Bonchev–Trinajstić information content (AvgIpc) is 3.09. The van der Waals surface area contributed by atoms with Crippen LogP contribution in [0.4, 0.5) is 5.69 Å². The van der Waals surface area contributed by atoms with E-state index in [4.69, 9.17) is 9.47 Å². The number of rotatable bonds is 5. The van der Waals surface area contributed by atoms with E-state index in [-0.39, 0.29) is 18.0 Å². The number of benzene rings is 1. The largest absolute Gasteiger partial charge is 0.497 e. The third-order valence-corrected chi connectivity index (χ3v) is 5.75. The molecule has 0 aliphatic rings. The predicted octanol–water partition coefficient (Wildman–Crippen LogP) is 3.28. The molecule has 1 aromatic carbocycles. The van der Waals surface area contributed by atoms with Gasteiger partial charge in [0, 0.05) is 35.0 Å². The molecule has 154 valence electrons. The Morgan fingerprint density at radius 2 is 1.83 bits per heavy atom. The number of nitrogens with zero attached hydrogens (tertiary/aromatic N) is 3. The summed E-state index contributed by atoms with van der Waals surface area (Å²) < 4.78 is 12.2. The van der Waals surface area contributed by atoms with E-state index >= 15 is 0 Å². The highest BCUT2D eigenvalue weighted by Gasteiger charge is 2.16. The number of aryl methyl sites for hydroxylation is 2. The number of carbonyl (C=O) groups is 1. The molecule has 0 fully saturated rings. The molecular weight excluding hydrogens is 404 g/mol. The van der Waals surface area contributed by atoms with Gasteiger partial charge in [-0.15, -0.1) is 11.3 Å². The molecule has 3 heterocycles. The van der Waals surface area contributed by atoms with Crippen LogP contribution in [-0.4, -0.2) is 34.7 Å². The minimum absolute atomic E-state index is 0.166. The maximum absolute atomic E-state index is 13.0. The topological polar surface area (TPSA) is 95.3 Å². The molecule has 0 aliphatic heterocycles. The van der Waals surface area contributed by atoms with Crippen LogP contribution in [0.5, 0.6) is 11.5 Å². The summed E-state index contributed by atoms with van der Waals surface area (Å²) in [5, 5.41) is 3.65. The molecule has 0 saturated heterocycles. The first-order valence-corrected chi connectivity index (χ1v) is 10.00. The van der Waals surface area contributed by atoms with Crippen LogP contribution in [0.3, 0.4) is 0 Å². The molecule has 4 rings (SSSR count). The Morgan fingerprint density at radius 3 is 2.50 bits per heavy atom. The fourth-order valence-electron chi connectivity index (χ4n) is 3.35. The second kappa shape index (κ2) is 7.75. The van der Waals surface area contributed by atoms with Gasteiger partial charge in [-0.25, -0.2) is 9.97 Å². The lowest BCUT2D eigenvalue weighted by atomic mass is 10.1. The molecule has 3 aromatic heterocycles. The van der Waals surface area contributed by atoms with E-state index in [0.717, 1.165) is 21.5 Å². The standard InChI is InChI=1S/C21H20N4O4S/c1-11-5-12(2)23-20-17(11)18-19(30-20)21(27)25(10-22-18)9-16(26)24-13-6-14(28-3)8-15(7-13)29-4/h5-8,10H,9H2,1-4H3,(H,24,26). The van der Waals surface area contributed by atoms with Crippen LogP contribution in [0.1, 0.15) is 11.3 Å². The zero-order valence-electron chi connectivity index (χ0n) is 17.0. The molecule has 0 spiro atoms. The normalized spacial score (nSPS) is 11.1. The van der Waals surface area contributed by atoms with Gasteiger partial charge in [0.2, 0.25) is 5.91 Å². The number of hydrogen-bond acceptors (Lipinski definition) is 7. The zero-order chi connectivity index (χ0) is 21.4. The number of pyridine rings is 1. The first-order chi connectivity index (χ1) is 14.4. The highest BCUT2D eigenvalue weighted by atomic mass is 32.1. The number of anilines is 1. The molecule has 0 bridgehead atoms. The molecule has 0 unspecified atom stereocenters. The molecule has 0 saturated carbocycles. The number of thiophene rings is 1. The number of nitrogens with one attached hydrogen (secondary N) is 1. The summed E-state index contributed by atoms with van der Waals surface area (Å²) in [6.45, 7) is 3.73. The maximum atomic E-state index is 13.0. The van der Waals surface area contributed by atoms with Crippen molar-refractivity contribution < 1.29 is 14.3 Å². The number of fused-ring (bicyclic) bond motifs is 3. The van der Waals surface area contributed by atoms with Crippen molar-refractivity contribution in [2.75, 3.05) is 19.5 Å². The summed E-state index contributed by atoms with van der Waals surface area (Å²) in [7, 11) is 3.06. The first kappa shape index (κ1) is 19.8. The van der Waals surface area contributed by atoms with E-state index in [2.05, 4.69) is 15.3 Å². The number of amides is 1. The second-order valence-corrected chi connectivity index (χ2v) is 7.87. The van der Waals surface area contributed by atoms with Crippen molar-refractivity contribution in [1.82, 2.24) is 14.5 Å². The van der Waals surface area contributed by atoms with Crippen LogP contribution in [0.2, 0.25) is 0 Å². The fraction of sp³-hybridized carbons (Fsp3) is 0.238. The summed E-state index contributed by atoms with van der Waals surface area (Å²) in [6.07, 6.45) is 1.40. The van der Waals surface area contributed by atoms with Gasteiger partial charge in [-0.3, -0.25) is 14.2 Å². The van der Waals surface area contributed by atoms with Crippen molar-refractivity contribution in [3.05, 3.63) is 52.2 Å². The predicted molar refractivity (Wildman–Crippen MR) is 117 cm³/mol. The highest BCUT2D eigenvalue weighted by molar-refractivity contribution is 7.25. The van der Waals surface area contributed by atoms with Crippen LogP contribution in [0.25, 0.3) is 20.4 Å². The Bertz CT molecular complexity index is 1320. The minimum Gasteiger partial charge on any atom is -0.497 e. The SMILES string of the molecule is COc1cc(NC(=O)Cn2cnc3c(sc4nc(C)cc(C)c43)c2=O)cc(OC)c1. The monoisotopic (exact) mass is 424 g/mol. The average molecular weight is 424 g/mol. The van der Waals surface area contributed by atoms with E-state index in [1.807, 2.05) is 19.9 Å². The van der Waals surface area contributed by atoms with E-state index in [1.165, 1.54) is 36.5 Å². The van der Waals surface area contributed by atoms with Crippen molar-refractivity contribution in [3.8, 4) is 11.5 Å². The Morgan fingerprint density at radius 1 is 1.13 bits per heavy atom. The Kier molecular flexibility index (Phi) is 5.13. The lowest BCUT2D eigenvalue weighted by Gasteiger charge is -2.10. The third kappa shape index (κ3) is 3.59. The summed E-state index contributed by atoms with van der Waals surface area (Å²) in [4.78, 5) is 35.3. The minimum atomic E-state index is -0.361. The Balaban J connectivity index is 1.65. The lowest BCUT2D eigenvalue weighted by Crippen LogP contribution is -2.27. The van der Waals surface area contributed by atoms with Gasteiger partial charge in [0.25, 0.3) is 5.56 Å². The first-order valence-electron chi connectivity index (χ1n) is 9.18. The van der Waals surface area contributed by atoms with Crippen molar-refractivity contribution in [2.24, 2.45) is 0 Å². The molecule has 1 amide bonds. The third-order valence-electron chi connectivity index (χ3n) is 4.69. The zero-order valence-corrected chi connectivity index (χ0v) is 17.8. The van der Waals surface area contributed by atoms with Gasteiger partial charge < -0.3 is 14.8 Å². The van der Waals surface area contributed by atoms with Crippen LogP contribution < -0.4 is 20.3 Å². The van der Waals surface area contributed by atoms with E-state index in [1.54, 1.807) is 18.2 Å². The van der Waals surface area contributed by atoms with Crippen molar-refractivity contribution in [3.63, 3.8) is 0 Å². The number of hydrogen-bond donors (Lipinski definition) is 1. The van der Waals surface area contributed by atoms with Gasteiger partial charge in [0.1, 0.15) is 27.6 Å². The summed E-state index contributed by atoms with van der Waals surface area (Å²) in [6, 6.07) is 7.02. The van der Waals surface area contributed by atoms with Crippen LogP contribution in [0, 0.1) is 13.8 Å². The molecule has 4 aromatic rings. The quantitative estimate of drug-likeness (QED) is 0.528. The number of aromatic nitrogens is 3. The second-order valence-electron chi connectivity index (χ2n) is 6.87. The summed E-state index contributed by atoms with van der Waals surface area (Å²) in [5.74, 6) is 0.738. The number of carbonyl (C=O) groups excluding carboxylic acids is 1. The summed E-state index contributed by atoms with van der Waals surface area (Å²) in [5.41, 5.74) is 2.78. The van der Waals surface area contributed by atoms with Gasteiger partial charge in [-0.2, -0.15) is 0 Å². The highest BCUT2D eigenvalue weighted by Crippen LogP contribution is 2.31. The van der Waals surface area contributed by atoms with Gasteiger partial charge >= 0.3 is 0 Å². The molecule has 0 radical (unpaired) electrons. The van der Waals surface area contributed by atoms with E-state index < -0.39 is 0 Å². The molecule has 0 atom stereocenters. The Hall–Kier alpha value is -3.46. The van der Waals surface area contributed by atoms with Gasteiger partial charge in [-0.05, 0) is 25.5 Å². The van der Waals surface area contributed by atoms with Crippen LogP contribution in [-0.2, 0) is 11.3 Å². The van der Waals surface area contributed by atoms with Crippen LogP contribution >= 0.6 is 11.3 Å². The molecule has 30 heavy (non-hydrogen) atoms. The van der Waals surface area contributed by atoms with Gasteiger partial charge in [-0.1, -0.05) is 0 Å². The van der Waals surface area contributed by atoms with Crippen molar-refractivity contribution in [2.45, 2.75) is 20.4 Å². The molecule has 9 heteroatoms. The summed E-state index contributed by atoms with van der Waals surface area (Å²) >= 11 is 1.30.